The van der Waals surface area contributed by atoms with Gasteiger partial charge in [0, 0.05) is 17.8 Å². The van der Waals surface area contributed by atoms with E-state index in [4.69, 9.17) is 4.74 Å². The molecule has 4 fully saturated rings. The van der Waals surface area contributed by atoms with Crippen LogP contribution in [0.2, 0.25) is 0 Å². The molecule has 2 N–H and O–H groups in total. The van der Waals surface area contributed by atoms with Crippen LogP contribution in [0.1, 0.15) is 82.6 Å². The van der Waals surface area contributed by atoms with Crippen LogP contribution in [-0.4, -0.2) is 52.5 Å². The molecule has 1 spiro atoms. The number of likely N-dealkylation sites (tertiary alicyclic amines) is 1. The first kappa shape index (κ1) is 25.6. The van der Waals surface area contributed by atoms with Gasteiger partial charge in [0.2, 0.25) is 17.7 Å². The summed E-state index contributed by atoms with van der Waals surface area (Å²) in [6, 6.07) is 7.08. The molecule has 1 aromatic carbocycles. The molecule has 2 aliphatic carbocycles. The van der Waals surface area contributed by atoms with E-state index >= 15 is 0 Å². The Morgan fingerprint density at radius 1 is 0.895 bits per heavy atom. The zero-order chi connectivity index (χ0) is 26.3. The van der Waals surface area contributed by atoms with Crippen molar-refractivity contribution in [3.8, 4) is 0 Å². The fourth-order valence-electron chi connectivity index (χ4n) is 7.70. The molecular formula is C31H41N3O4. The first-order valence-corrected chi connectivity index (χ1v) is 14.9. The third-order valence-corrected chi connectivity index (χ3v) is 9.60. The summed E-state index contributed by atoms with van der Waals surface area (Å²) in [5.74, 6) is -1.75. The Labute approximate surface area is 225 Å². The number of fused-ring (bicyclic) bond motifs is 1. The van der Waals surface area contributed by atoms with Gasteiger partial charge in [-0.25, -0.2) is 0 Å². The highest BCUT2D eigenvalue weighted by Gasteiger charge is 2.73. The van der Waals surface area contributed by atoms with Crippen molar-refractivity contribution in [2.24, 2.45) is 11.8 Å². The minimum atomic E-state index is -1.09. The van der Waals surface area contributed by atoms with Crippen molar-refractivity contribution in [3.63, 3.8) is 0 Å². The van der Waals surface area contributed by atoms with Crippen LogP contribution < -0.4 is 10.6 Å². The normalized spacial score (nSPS) is 33.6. The molecule has 7 heteroatoms. The summed E-state index contributed by atoms with van der Waals surface area (Å²) in [6.45, 7) is 2.00. The van der Waals surface area contributed by atoms with E-state index in [0.717, 1.165) is 69.8 Å². The van der Waals surface area contributed by atoms with Crippen LogP contribution in [-0.2, 0) is 19.1 Å². The van der Waals surface area contributed by atoms with E-state index in [1.807, 2.05) is 48.2 Å². The van der Waals surface area contributed by atoms with Crippen LogP contribution in [0, 0.1) is 18.8 Å². The molecule has 0 radical (unpaired) electrons. The molecule has 0 aromatic heterocycles. The SMILES string of the molecule is Cc1ccc(NC(=O)C2[C@@H]3C=CC4(O3)C(C(=O)NC3CCCCC3)N(C3CCCCCCC3)C(=O)[C@H]24)cc1. The zero-order valence-electron chi connectivity index (χ0n) is 22.5. The fourth-order valence-corrected chi connectivity index (χ4v) is 7.70. The maximum Gasteiger partial charge on any atom is 0.246 e. The first-order valence-electron chi connectivity index (χ1n) is 14.9. The quantitative estimate of drug-likeness (QED) is 0.555. The Balaban J connectivity index is 1.31. The van der Waals surface area contributed by atoms with Crippen molar-refractivity contribution in [2.45, 2.75) is 114 Å². The van der Waals surface area contributed by atoms with Gasteiger partial charge in [0.1, 0.15) is 11.6 Å². The lowest BCUT2D eigenvalue weighted by molar-refractivity contribution is -0.144. The van der Waals surface area contributed by atoms with E-state index in [1.54, 1.807) is 0 Å². The van der Waals surface area contributed by atoms with Gasteiger partial charge in [-0.15, -0.1) is 0 Å². The Kier molecular flexibility index (Phi) is 7.06. The number of nitrogens with one attached hydrogen (secondary N) is 2. The van der Waals surface area contributed by atoms with E-state index in [9.17, 15) is 14.4 Å². The number of anilines is 1. The van der Waals surface area contributed by atoms with Gasteiger partial charge >= 0.3 is 0 Å². The van der Waals surface area contributed by atoms with Gasteiger partial charge in [0.25, 0.3) is 0 Å². The van der Waals surface area contributed by atoms with Crippen LogP contribution in [0.5, 0.6) is 0 Å². The summed E-state index contributed by atoms with van der Waals surface area (Å²) in [6.07, 6.45) is 16.2. The molecule has 3 aliphatic heterocycles. The maximum atomic E-state index is 14.3. The molecule has 3 unspecified atom stereocenters. The van der Waals surface area contributed by atoms with Crippen LogP contribution in [0.25, 0.3) is 0 Å². The highest BCUT2D eigenvalue weighted by Crippen LogP contribution is 2.56. The Morgan fingerprint density at radius 3 is 2.24 bits per heavy atom. The van der Waals surface area contributed by atoms with Crippen molar-refractivity contribution in [1.82, 2.24) is 10.2 Å². The zero-order valence-corrected chi connectivity index (χ0v) is 22.5. The molecule has 38 heavy (non-hydrogen) atoms. The average Bonchev–Trinajstić information content (AvgIpc) is 3.53. The Bertz CT molecular complexity index is 1090. The summed E-state index contributed by atoms with van der Waals surface area (Å²) in [7, 11) is 0. The molecule has 3 amide bonds. The van der Waals surface area contributed by atoms with E-state index in [2.05, 4.69) is 10.6 Å². The lowest BCUT2D eigenvalue weighted by Crippen LogP contribution is -2.58. The van der Waals surface area contributed by atoms with Crippen molar-refractivity contribution in [1.29, 1.82) is 0 Å². The topological polar surface area (TPSA) is 87.7 Å². The van der Waals surface area contributed by atoms with Crippen LogP contribution in [0.3, 0.4) is 0 Å². The molecule has 204 valence electrons. The van der Waals surface area contributed by atoms with Gasteiger partial charge in [-0.3, -0.25) is 14.4 Å². The molecule has 2 saturated carbocycles. The summed E-state index contributed by atoms with van der Waals surface area (Å²) in [5, 5.41) is 6.33. The van der Waals surface area contributed by atoms with E-state index in [-0.39, 0.29) is 29.8 Å². The molecule has 2 saturated heterocycles. The number of rotatable bonds is 5. The molecule has 3 heterocycles. The van der Waals surface area contributed by atoms with Gasteiger partial charge in [-0.2, -0.15) is 0 Å². The number of aryl methyl sites for hydroxylation is 1. The molecule has 2 bridgehead atoms. The highest BCUT2D eigenvalue weighted by molar-refractivity contribution is 6.03. The maximum absolute atomic E-state index is 14.3. The predicted molar refractivity (Wildman–Crippen MR) is 145 cm³/mol. The standard InChI is InChI=1S/C31H41N3O4/c1-20-14-16-22(17-15-20)32-28(35)25-24-18-19-31(38-24)26(25)30(37)34(23-12-8-3-2-4-9-13-23)27(31)29(36)33-21-10-6-5-7-11-21/h14-19,21,23-27H,2-13H2,1H3,(H,32,35)(H,33,36)/t24-,25?,26-,27?,31?/m0/s1. The summed E-state index contributed by atoms with van der Waals surface area (Å²) in [4.78, 5) is 43.9. The summed E-state index contributed by atoms with van der Waals surface area (Å²) >= 11 is 0. The summed E-state index contributed by atoms with van der Waals surface area (Å²) < 4.78 is 6.55. The van der Waals surface area contributed by atoms with Gasteiger partial charge in [-0.05, 0) is 44.7 Å². The number of benzene rings is 1. The van der Waals surface area contributed by atoms with E-state index < -0.39 is 29.6 Å². The molecule has 1 aromatic rings. The van der Waals surface area contributed by atoms with Crippen LogP contribution in [0.4, 0.5) is 5.69 Å². The van der Waals surface area contributed by atoms with E-state index in [0.29, 0.717) is 5.69 Å². The lowest BCUT2D eigenvalue weighted by Gasteiger charge is -2.38. The second kappa shape index (κ2) is 10.5. The first-order chi connectivity index (χ1) is 18.5. The largest absolute Gasteiger partial charge is 0.359 e. The summed E-state index contributed by atoms with van der Waals surface area (Å²) in [5.41, 5.74) is 0.731. The third-order valence-electron chi connectivity index (χ3n) is 9.60. The number of amides is 3. The third kappa shape index (κ3) is 4.47. The second-order valence-corrected chi connectivity index (χ2v) is 12.1. The average molecular weight is 520 g/mol. The van der Waals surface area contributed by atoms with Crippen LogP contribution >= 0.6 is 0 Å². The Morgan fingerprint density at radius 2 is 1.53 bits per heavy atom. The monoisotopic (exact) mass is 519 g/mol. The molecule has 7 nitrogen and oxygen atoms in total. The van der Waals surface area contributed by atoms with Gasteiger partial charge in [-0.1, -0.05) is 81.2 Å². The molecule has 6 rings (SSSR count). The van der Waals surface area contributed by atoms with Gasteiger partial charge in [0.15, 0.2) is 0 Å². The smallest absolute Gasteiger partial charge is 0.246 e. The highest BCUT2D eigenvalue weighted by atomic mass is 16.5. The minimum absolute atomic E-state index is 0.00161. The van der Waals surface area contributed by atoms with Crippen LogP contribution in [0.15, 0.2) is 36.4 Å². The van der Waals surface area contributed by atoms with Crippen molar-refractivity contribution >= 4 is 23.4 Å². The second-order valence-electron chi connectivity index (χ2n) is 12.1. The number of carbonyl (C=O) groups excluding carboxylic acids is 3. The Hall–Kier alpha value is -2.67. The fraction of sp³-hybridized carbons (Fsp3) is 0.645. The number of ether oxygens (including phenoxy) is 1. The molecule has 5 aliphatic rings. The molecular weight excluding hydrogens is 478 g/mol. The number of nitrogens with zero attached hydrogens (tertiary/aromatic N) is 1. The number of hydrogen-bond acceptors (Lipinski definition) is 4. The predicted octanol–water partition coefficient (Wildman–Crippen LogP) is 4.65. The van der Waals surface area contributed by atoms with Crippen molar-refractivity contribution < 1.29 is 19.1 Å². The molecule has 5 atom stereocenters. The van der Waals surface area contributed by atoms with Crippen molar-refractivity contribution in [2.75, 3.05) is 5.32 Å². The van der Waals surface area contributed by atoms with E-state index in [1.165, 1.54) is 12.8 Å². The van der Waals surface area contributed by atoms with Crippen molar-refractivity contribution in [3.05, 3.63) is 42.0 Å². The minimum Gasteiger partial charge on any atom is -0.359 e. The number of hydrogen-bond donors (Lipinski definition) is 2. The number of carbonyl (C=O) groups is 3. The van der Waals surface area contributed by atoms with Gasteiger partial charge in [0.05, 0.1) is 17.9 Å². The van der Waals surface area contributed by atoms with Gasteiger partial charge < -0.3 is 20.3 Å². The lowest BCUT2D eigenvalue weighted by atomic mass is 9.74.